The van der Waals surface area contributed by atoms with Crippen LogP contribution in [0.25, 0.3) is 0 Å². The summed E-state index contributed by atoms with van der Waals surface area (Å²) in [6, 6.07) is 8.87. The number of allylic oxidation sites excluding steroid dienone is 4. The minimum Gasteiger partial charge on any atom is -0.481 e. The van der Waals surface area contributed by atoms with Crippen LogP contribution in [0.5, 0.6) is 0 Å². The first-order valence-corrected chi connectivity index (χ1v) is 29.1. The first kappa shape index (κ1) is 55.6. The van der Waals surface area contributed by atoms with Gasteiger partial charge in [-0.05, 0) is 211 Å². The first-order chi connectivity index (χ1) is 35.5. The van der Waals surface area contributed by atoms with E-state index in [1.54, 1.807) is 6.92 Å². The molecule has 0 saturated heterocycles. The predicted molar refractivity (Wildman–Crippen MR) is 289 cm³/mol. The largest absolute Gasteiger partial charge is 0.481 e. The Hall–Kier alpha value is -4.18. The molecule has 12 nitrogen and oxygen atoms in total. The number of hydrogen-bond acceptors (Lipinski definition) is 10. The lowest BCUT2D eigenvalue weighted by Crippen LogP contribution is -2.63. The van der Waals surface area contributed by atoms with E-state index in [4.69, 9.17) is 14.2 Å². The molecule has 8 aliphatic carbocycles. The minimum atomic E-state index is -1.01. The molecule has 8 aliphatic rings. The van der Waals surface area contributed by atoms with Gasteiger partial charge < -0.3 is 40.2 Å². The summed E-state index contributed by atoms with van der Waals surface area (Å²) in [5.41, 5.74) is 3.99. The zero-order valence-corrected chi connectivity index (χ0v) is 46.7. The van der Waals surface area contributed by atoms with Crippen molar-refractivity contribution in [2.45, 2.75) is 207 Å². The number of esters is 1. The molecule has 0 bridgehead atoms. The Kier molecular flexibility index (Phi) is 16.0. The predicted octanol–water partition coefficient (Wildman–Crippen LogP) is 11.3. The number of aliphatic hydroxyl groups excluding tert-OH is 1. The molecule has 6 fully saturated rings. The number of aliphatic hydroxyl groups is 2. The molecular formula is C63H90N2O10. The lowest BCUT2D eigenvalue weighted by Gasteiger charge is -2.64. The SMILES string of the molecule is CC#C[C@]1(O)CC[C@H]2[C@@H]3CCC4=CC(=O)CCC4=C3[C@@H](c3ccc(NCCO[C@H]4CC[C@@]5(C)[C@@H](C4)C[C@@H](OC(=O)CCCNC(=O)OC(C)(C)C)[C@@H]4[C@@H]5C[C@H](O)[C@]5(C)[C@@H]([C@H](C)CC(C)C(=O)O)CC[C@@H]45)cc3)C[C@@]21C. The number of alkyl carbamates (subject to hydrolysis) is 1. The fourth-order valence-corrected chi connectivity index (χ4v) is 17.8. The lowest BCUT2D eigenvalue weighted by atomic mass is 9.43. The van der Waals surface area contributed by atoms with E-state index < -0.39 is 40.7 Å². The van der Waals surface area contributed by atoms with Crippen LogP contribution in [0.1, 0.15) is 183 Å². The van der Waals surface area contributed by atoms with E-state index >= 15 is 0 Å². The second-order valence-electron chi connectivity index (χ2n) is 26.6. The number of ether oxygens (including phenoxy) is 3. The van der Waals surface area contributed by atoms with Crippen molar-refractivity contribution < 1.29 is 48.7 Å². The second-order valence-corrected chi connectivity index (χ2v) is 26.6. The summed E-state index contributed by atoms with van der Waals surface area (Å²) in [7, 11) is 0. The van der Waals surface area contributed by atoms with Gasteiger partial charge in [0.05, 0.1) is 24.7 Å². The lowest BCUT2D eigenvalue weighted by molar-refractivity contribution is -0.219. The van der Waals surface area contributed by atoms with Gasteiger partial charge in [0.1, 0.15) is 17.3 Å². The molecule has 1 amide bonds. The van der Waals surface area contributed by atoms with Crippen LogP contribution in [0.15, 0.2) is 47.1 Å². The Bertz CT molecular complexity index is 2450. The van der Waals surface area contributed by atoms with E-state index in [1.807, 2.05) is 33.8 Å². The molecule has 1 unspecified atom stereocenters. The van der Waals surface area contributed by atoms with Crippen LogP contribution >= 0.6 is 0 Å². The topological polar surface area (TPSA) is 181 Å². The third kappa shape index (κ3) is 10.6. The number of fused-ring (bicyclic) bond motifs is 9. The molecule has 5 N–H and O–H groups in total. The maximum absolute atomic E-state index is 13.8. The number of carboxylic acids is 1. The van der Waals surface area contributed by atoms with Crippen LogP contribution in [0.3, 0.4) is 0 Å². The fraction of sp³-hybridized carbons (Fsp3) is 0.746. The maximum atomic E-state index is 13.8. The van der Waals surface area contributed by atoms with Gasteiger partial charge >= 0.3 is 18.0 Å². The van der Waals surface area contributed by atoms with Crippen molar-refractivity contribution in [1.82, 2.24) is 5.32 Å². The summed E-state index contributed by atoms with van der Waals surface area (Å²) in [4.78, 5) is 50.7. The highest BCUT2D eigenvalue weighted by Crippen LogP contribution is 2.70. The van der Waals surface area contributed by atoms with Crippen LogP contribution < -0.4 is 10.6 Å². The van der Waals surface area contributed by atoms with Gasteiger partial charge in [-0.15, -0.1) is 5.92 Å². The molecule has 0 spiro atoms. The monoisotopic (exact) mass is 1030 g/mol. The molecule has 412 valence electrons. The molecule has 6 saturated carbocycles. The van der Waals surface area contributed by atoms with Crippen molar-refractivity contribution in [1.29, 1.82) is 0 Å². The van der Waals surface area contributed by atoms with Crippen LogP contribution in [0.2, 0.25) is 0 Å². The van der Waals surface area contributed by atoms with Gasteiger partial charge in [-0.1, -0.05) is 58.2 Å². The molecule has 9 rings (SSSR count). The average molecular weight is 1040 g/mol. The summed E-state index contributed by atoms with van der Waals surface area (Å²) >= 11 is 0. The van der Waals surface area contributed by atoms with E-state index in [-0.39, 0.29) is 82.6 Å². The molecule has 17 atom stereocenters. The van der Waals surface area contributed by atoms with E-state index in [9.17, 15) is 34.5 Å². The average Bonchev–Trinajstić information content (AvgIpc) is 3.91. The van der Waals surface area contributed by atoms with E-state index in [0.717, 1.165) is 76.3 Å². The number of rotatable bonds is 15. The van der Waals surface area contributed by atoms with Gasteiger partial charge in [-0.2, -0.15) is 0 Å². The maximum Gasteiger partial charge on any atom is 0.407 e. The molecule has 0 aromatic heterocycles. The number of benzene rings is 1. The number of nitrogens with one attached hydrogen (secondary N) is 2. The third-order valence-electron chi connectivity index (χ3n) is 21.4. The van der Waals surface area contributed by atoms with Crippen LogP contribution in [-0.4, -0.2) is 88.3 Å². The molecule has 0 heterocycles. The molecule has 12 heteroatoms. The smallest absolute Gasteiger partial charge is 0.407 e. The van der Waals surface area contributed by atoms with Crippen LogP contribution in [0, 0.1) is 81.3 Å². The van der Waals surface area contributed by atoms with Gasteiger partial charge in [0.25, 0.3) is 0 Å². The highest BCUT2D eigenvalue weighted by Gasteiger charge is 2.67. The number of ketones is 1. The zero-order valence-electron chi connectivity index (χ0n) is 46.7. The van der Waals surface area contributed by atoms with Gasteiger partial charge in [-0.25, -0.2) is 4.79 Å². The highest BCUT2D eigenvalue weighted by molar-refractivity contribution is 5.93. The molecule has 1 aromatic rings. The highest BCUT2D eigenvalue weighted by atomic mass is 16.6. The quantitative estimate of drug-likeness (QED) is 0.0641. The zero-order chi connectivity index (χ0) is 53.8. The molecular weight excluding hydrogens is 945 g/mol. The molecule has 75 heavy (non-hydrogen) atoms. The Morgan fingerprint density at radius 1 is 0.907 bits per heavy atom. The Labute approximate surface area is 447 Å². The van der Waals surface area contributed by atoms with Crippen molar-refractivity contribution in [3.05, 3.63) is 52.6 Å². The van der Waals surface area contributed by atoms with E-state index in [0.29, 0.717) is 63.6 Å². The summed E-state index contributed by atoms with van der Waals surface area (Å²) in [5, 5.41) is 40.7. The normalized spacial score (nSPS) is 38.6. The Morgan fingerprint density at radius 3 is 2.39 bits per heavy atom. The second kappa shape index (κ2) is 21.6. The van der Waals surface area contributed by atoms with Crippen molar-refractivity contribution in [2.24, 2.45) is 69.5 Å². The van der Waals surface area contributed by atoms with Crippen molar-refractivity contribution in [3.8, 4) is 11.8 Å². The van der Waals surface area contributed by atoms with E-state index in [1.165, 1.54) is 22.3 Å². The summed E-state index contributed by atoms with van der Waals surface area (Å²) in [6.45, 7) is 19.7. The number of amides is 1. The van der Waals surface area contributed by atoms with Gasteiger partial charge in [-0.3, -0.25) is 14.4 Å². The van der Waals surface area contributed by atoms with Crippen LogP contribution in [-0.2, 0) is 28.6 Å². The van der Waals surface area contributed by atoms with Crippen molar-refractivity contribution >= 4 is 29.5 Å². The first-order valence-electron chi connectivity index (χ1n) is 29.1. The number of carboxylic acid groups (broad SMARTS) is 1. The van der Waals surface area contributed by atoms with Gasteiger partial charge in [0.2, 0.25) is 0 Å². The van der Waals surface area contributed by atoms with Crippen LogP contribution in [0.4, 0.5) is 10.5 Å². The fourth-order valence-electron chi connectivity index (χ4n) is 17.8. The van der Waals surface area contributed by atoms with Gasteiger partial charge in [0.15, 0.2) is 5.78 Å². The Balaban J connectivity index is 0.858. The van der Waals surface area contributed by atoms with Crippen molar-refractivity contribution in [2.75, 3.05) is 25.0 Å². The summed E-state index contributed by atoms with van der Waals surface area (Å²) < 4.78 is 18.7. The molecule has 0 aliphatic heterocycles. The van der Waals surface area contributed by atoms with E-state index in [2.05, 4.69) is 74.4 Å². The number of aliphatic carboxylic acids is 1. The third-order valence-corrected chi connectivity index (χ3v) is 21.4. The number of carbonyl (C=O) groups excluding carboxylic acids is 3. The Morgan fingerprint density at radius 2 is 1.67 bits per heavy atom. The standard InChI is InChI=1S/C63H90N2O10/c1-10-25-63(72)27-24-49-46-19-15-40-32-43(66)18-20-45(40)55(46)47(36-61(49,63)8)39-13-16-42(17-14-39)64-29-30-73-44-23-26-60(7)41(33-44)34-52(74-54(68)12-11-28-65-58(71)75-59(4,5)6)56-50-22-21-48(37(2)31-38(3)57(69)70)62(50,9)53(67)35-51(56)60/h13-14,16-17,32,37-38,41,44,46-53,56,64,67,72H,11-12,15,18-24,26-31,33-36H2,1-9H3,(H,65,71)(H,69,70)/t37-,38?,41+,44+,46+,47-,48-,49+,50+,51+,52-,53+,56+,60+,61+,62-,63+/m1/s1. The molecule has 0 radical (unpaired) electrons. The summed E-state index contributed by atoms with van der Waals surface area (Å²) in [6.07, 6.45) is 13.6. The number of hydrogen-bond donors (Lipinski definition) is 5. The minimum absolute atomic E-state index is 0.0564. The van der Waals surface area contributed by atoms with Gasteiger partial charge in [0, 0.05) is 48.9 Å². The molecule has 1 aromatic carbocycles. The van der Waals surface area contributed by atoms with Crippen molar-refractivity contribution in [3.63, 3.8) is 0 Å². The number of carbonyl (C=O) groups is 4. The summed E-state index contributed by atoms with van der Waals surface area (Å²) in [5.74, 6) is 6.86. The number of anilines is 1.